The van der Waals surface area contributed by atoms with Crippen molar-refractivity contribution in [3.05, 3.63) is 0 Å². The highest BCUT2D eigenvalue weighted by atomic mass is 16.2. The fourth-order valence-electron chi connectivity index (χ4n) is 4.20. The minimum absolute atomic E-state index is 0.0176. The molecule has 4 atom stereocenters. The molecule has 7 heteroatoms. The second-order valence-corrected chi connectivity index (χ2v) is 7.76. The van der Waals surface area contributed by atoms with Gasteiger partial charge in [0, 0.05) is 12.6 Å². The Labute approximate surface area is 149 Å². The molecule has 1 saturated carbocycles. The largest absolute Gasteiger partial charge is 0.342 e. The standard InChI is InChI=1S/C18H30N4O3/c1-3-11(2)15-17(24)22-10-13(9-14(22)16(23)21-15)20-18(25)19-12-7-5-4-6-8-12/h11-15H,3-10H2,1-2H3,(H,21,23)(H2,19,20,25)/t11-,13-,14-,15-/m0/s1. The van der Waals surface area contributed by atoms with Crippen LogP contribution in [0.15, 0.2) is 0 Å². The summed E-state index contributed by atoms with van der Waals surface area (Å²) < 4.78 is 0. The molecule has 25 heavy (non-hydrogen) atoms. The lowest BCUT2D eigenvalue weighted by molar-refractivity contribution is -0.148. The zero-order chi connectivity index (χ0) is 18.0. The number of amides is 4. The predicted octanol–water partition coefficient (Wildman–Crippen LogP) is 1.13. The Kier molecular flexibility index (Phi) is 5.49. The van der Waals surface area contributed by atoms with Crippen LogP contribution in [0.5, 0.6) is 0 Å². The first-order chi connectivity index (χ1) is 12.0. The van der Waals surface area contributed by atoms with E-state index in [1.165, 1.54) is 6.42 Å². The monoisotopic (exact) mass is 350 g/mol. The van der Waals surface area contributed by atoms with Crippen LogP contribution >= 0.6 is 0 Å². The van der Waals surface area contributed by atoms with Crippen LogP contribution < -0.4 is 16.0 Å². The van der Waals surface area contributed by atoms with Crippen molar-refractivity contribution in [2.45, 2.75) is 83.0 Å². The molecule has 140 valence electrons. The lowest BCUT2D eigenvalue weighted by Gasteiger charge is -2.36. The molecular formula is C18H30N4O3. The smallest absolute Gasteiger partial charge is 0.315 e. The molecule has 0 unspecified atom stereocenters. The normalized spacial score (nSPS) is 31.3. The molecule has 7 nitrogen and oxygen atoms in total. The van der Waals surface area contributed by atoms with E-state index in [9.17, 15) is 14.4 Å². The average molecular weight is 350 g/mol. The second kappa shape index (κ2) is 7.62. The highest BCUT2D eigenvalue weighted by Crippen LogP contribution is 2.26. The van der Waals surface area contributed by atoms with Crippen LogP contribution in [0.2, 0.25) is 0 Å². The number of hydrogen-bond donors (Lipinski definition) is 3. The minimum Gasteiger partial charge on any atom is -0.342 e. The summed E-state index contributed by atoms with van der Waals surface area (Å²) in [5, 5.41) is 8.86. The van der Waals surface area contributed by atoms with Crippen LogP contribution in [0, 0.1) is 5.92 Å². The van der Waals surface area contributed by atoms with Gasteiger partial charge in [0.2, 0.25) is 11.8 Å². The molecule has 3 fully saturated rings. The Morgan fingerprint density at radius 1 is 1.20 bits per heavy atom. The van der Waals surface area contributed by atoms with Gasteiger partial charge in [-0.1, -0.05) is 39.5 Å². The zero-order valence-corrected chi connectivity index (χ0v) is 15.2. The molecule has 0 aromatic heterocycles. The third-order valence-corrected chi connectivity index (χ3v) is 5.94. The number of nitrogens with one attached hydrogen (secondary N) is 3. The van der Waals surface area contributed by atoms with Crippen LogP contribution in [-0.2, 0) is 9.59 Å². The van der Waals surface area contributed by atoms with Gasteiger partial charge in [0.15, 0.2) is 0 Å². The molecule has 4 amide bonds. The third-order valence-electron chi connectivity index (χ3n) is 5.94. The molecule has 2 aliphatic heterocycles. The maximum absolute atomic E-state index is 12.7. The number of hydrogen-bond acceptors (Lipinski definition) is 3. The van der Waals surface area contributed by atoms with Gasteiger partial charge in [0.1, 0.15) is 12.1 Å². The molecule has 2 heterocycles. The van der Waals surface area contributed by atoms with Crippen LogP contribution in [0.25, 0.3) is 0 Å². The van der Waals surface area contributed by atoms with Crippen molar-refractivity contribution >= 4 is 17.8 Å². The van der Waals surface area contributed by atoms with Crippen molar-refractivity contribution in [1.29, 1.82) is 0 Å². The Morgan fingerprint density at radius 3 is 2.56 bits per heavy atom. The average Bonchev–Trinajstić information content (AvgIpc) is 3.02. The molecule has 2 saturated heterocycles. The van der Waals surface area contributed by atoms with Crippen molar-refractivity contribution < 1.29 is 14.4 Å². The maximum Gasteiger partial charge on any atom is 0.315 e. The summed E-state index contributed by atoms with van der Waals surface area (Å²) in [6.45, 7) is 4.41. The van der Waals surface area contributed by atoms with Gasteiger partial charge >= 0.3 is 6.03 Å². The first kappa shape index (κ1) is 18.0. The van der Waals surface area contributed by atoms with Crippen LogP contribution in [-0.4, -0.2) is 53.5 Å². The molecule has 3 N–H and O–H groups in total. The van der Waals surface area contributed by atoms with Gasteiger partial charge in [-0.05, 0) is 25.2 Å². The molecule has 0 aromatic carbocycles. The van der Waals surface area contributed by atoms with E-state index < -0.39 is 12.1 Å². The number of fused-ring (bicyclic) bond motifs is 1. The van der Waals surface area contributed by atoms with E-state index in [1.807, 2.05) is 13.8 Å². The van der Waals surface area contributed by atoms with Crippen molar-refractivity contribution in [2.24, 2.45) is 5.92 Å². The number of carbonyl (C=O) groups is 3. The lowest BCUT2D eigenvalue weighted by atomic mass is 9.95. The molecular weight excluding hydrogens is 320 g/mol. The third kappa shape index (κ3) is 3.90. The topological polar surface area (TPSA) is 90.5 Å². The summed E-state index contributed by atoms with van der Waals surface area (Å²) in [4.78, 5) is 38.9. The van der Waals surface area contributed by atoms with Crippen molar-refractivity contribution in [1.82, 2.24) is 20.9 Å². The van der Waals surface area contributed by atoms with E-state index in [0.29, 0.717) is 13.0 Å². The number of rotatable bonds is 4. The van der Waals surface area contributed by atoms with E-state index in [2.05, 4.69) is 16.0 Å². The molecule has 0 aromatic rings. The summed E-state index contributed by atoms with van der Waals surface area (Å²) in [5.74, 6) is -0.00293. The summed E-state index contributed by atoms with van der Waals surface area (Å²) in [7, 11) is 0. The lowest BCUT2D eigenvalue weighted by Crippen LogP contribution is -2.62. The molecule has 0 spiro atoms. The number of urea groups is 1. The molecule has 3 aliphatic rings. The van der Waals surface area contributed by atoms with Crippen molar-refractivity contribution in [2.75, 3.05) is 6.54 Å². The minimum atomic E-state index is -0.451. The van der Waals surface area contributed by atoms with E-state index in [1.54, 1.807) is 4.90 Å². The van der Waals surface area contributed by atoms with Crippen LogP contribution in [0.4, 0.5) is 4.79 Å². The molecule has 3 rings (SSSR count). The van der Waals surface area contributed by atoms with Gasteiger partial charge in [0.05, 0.1) is 6.04 Å². The van der Waals surface area contributed by atoms with Crippen molar-refractivity contribution in [3.8, 4) is 0 Å². The van der Waals surface area contributed by atoms with Gasteiger partial charge in [-0.15, -0.1) is 0 Å². The van der Waals surface area contributed by atoms with Crippen LogP contribution in [0.1, 0.15) is 58.8 Å². The summed E-state index contributed by atoms with van der Waals surface area (Å²) >= 11 is 0. The first-order valence-electron chi connectivity index (χ1n) is 9.67. The van der Waals surface area contributed by atoms with E-state index >= 15 is 0 Å². The molecule has 1 aliphatic carbocycles. The Balaban J connectivity index is 1.55. The Bertz CT molecular complexity index is 532. The Hall–Kier alpha value is -1.79. The SMILES string of the molecule is CC[C@H](C)[C@@H]1NC(=O)[C@@H]2C[C@H](NC(=O)NC3CCCCC3)CN2C1=O. The highest BCUT2D eigenvalue weighted by molar-refractivity contribution is 5.97. The zero-order valence-electron chi connectivity index (χ0n) is 15.2. The molecule has 0 radical (unpaired) electrons. The van der Waals surface area contributed by atoms with Gasteiger partial charge in [-0.3, -0.25) is 9.59 Å². The van der Waals surface area contributed by atoms with Crippen LogP contribution in [0.3, 0.4) is 0 Å². The number of piperazine rings is 1. The van der Waals surface area contributed by atoms with Gasteiger partial charge in [0.25, 0.3) is 0 Å². The van der Waals surface area contributed by atoms with Gasteiger partial charge < -0.3 is 20.9 Å². The first-order valence-corrected chi connectivity index (χ1v) is 9.67. The quantitative estimate of drug-likeness (QED) is 0.710. The van der Waals surface area contributed by atoms with Gasteiger partial charge in [-0.2, -0.15) is 0 Å². The fraction of sp³-hybridized carbons (Fsp3) is 0.833. The summed E-state index contributed by atoms with van der Waals surface area (Å²) in [6, 6.07) is -0.990. The Morgan fingerprint density at radius 2 is 1.88 bits per heavy atom. The van der Waals surface area contributed by atoms with E-state index in [-0.39, 0.29) is 35.8 Å². The number of carbonyl (C=O) groups excluding carboxylic acids is 3. The van der Waals surface area contributed by atoms with Crippen molar-refractivity contribution in [3.63, 3.8) is 0 Å². The summed E-state index contributed by atoms with van der Waals surface area (Å²) in [5.41, 5.74) is 0. The molecule has 0 bridgehead atoms. The van der Waals surface area contributed by atoms with E-state index in [4.69, 9.17) is 0 Å². The highest BCUT2D eigenvalue weighted by Gasteiger charge is 2.47. The predicted molar refractivity (Wildman–Crippen MR) is 93.8 cm³/mol. The number of nitrogens with zero attached hydrogens (tertiary/aromatic N) is 1. The van der Waals surface area contributed by atoms with Gasteiger partial charge in [-0.25, -0.2) is 4.79 Å². The fourth-order valence-corrected chi connectivity index (χ4v) is 4.20. The second-order valence-electron chi connectivity index (χ2n) is 7.76. The summed E-state index contributed by atoms with van der Waals surface area (Å²) in [6.07, 6.45) is 6.96. The van der Waals surface area contributed by atoms with E-state index in [0.717, 1.165) is 32.1 Å². The maximum atomic E-state index is 12.7.